The molecule has 10 heteroatoms. The maximum atomic E-state index is 10.5. The molecule has 0 amide bonds. The van der Waals surface area contributed by atoms with Crippen molar-refractivity contribution < 1.29 is 19.0 Å². The van der Waals surface area contributed by atoms with Gasteiger partial charge in [0.05, 0.1) is 6.33 Å². The predicted octanol–water partition coefficient (Wildman–Crippen LogP) is 0.737. The summed E-state index contributed by atoms with van der Waals surface area (Å²) in [5.41, 5.74) is 7.05. The number of nitrogens with zero attached hydrogens (tertiary/aromatic N) is 5. The van der Waals surface area contributed by atoms with Gasteiger partial charge < -0.3 is 29.6 Å². The maximum Gasteiger partial charge on any atom is 0.167 e. The molecule has 2 N–H and O–H groups in total. The third-order valence-electron chi connectivity index (χ3n) is 5.14. The number of imidazole rings is 1. The Morgan fingerprint density at radius 2 is 2.07 bits per heavy atom. The van der Waals surface area contributed by atoms with Crippen molar-refractivity contribution in [2.45, 2.75) is 57.0 Å². The number of aldehydes is 1. The van der Waals surface area contributed by atoms with Gasteiger partial charge in [0.25, 0.3) is 0 Å². The molecule has 0 spiro atoms. The predicted molar refractivity (Wildman–Crippen MR) is 100 cm³/mol. The highest BCUT2D eigenvalue weighted by Crippen LogP contribution is 2.43. The van der Waals surface area contributed by atoms with E-state index in [-0.39, 0.29) is 18.3 Å². The summed E-state index contributed by atoms with van der Waals surface area (Å²) in [5, 5.41) is 0. The number of unbranched alkanes of at least 4 members (excludes halogenated alkanes) is 1. The van der Waals surface area contributed by atoms with Gasteiger partial charge in [0.15, 0.2) is 23.5 Å². The van der Waals surface area contributed by atoms with Gasteiger partial charge in [-0.1, -0.05) is 0 Å². The first-order valence-electron chi connectivity index (χ1n) is 9.46. The fourth-order valence-electron chi connectivity index (χ4n) is 3.93. The van der Waals surface area contributed by atoms with Gasteiger partial charge in [-0.15, -0.1) is 0 Å². The van der Waals surface area contributed by atoms with E-state index in [1.165, 1.54) is 6.33 Å². The largest absolute Gasteiger partial charge is 0.382 e. The van der Waals surface area contributed by atoms with Gasteiger partial charge in [0.2, 0.25) is 0 Å². The number of aromatic nitrogens is 4. The lowest BCUT2D eigenvalue weighted by molar-refractivity contribution is -0.197. The van der Waals surface area contributed by atoms with Gasteiger partial charge in [-0.25, -0.2) is 15.0 Å². The van der Waals surface area contributed by atoms with Crippen LogP contribution < -0.4 is 5.73 Å². The average Bonchev–Trinajstić information content (AvgIpc) is 3.28. The number of carbonyl (C=O) groups is 1. The maximum absolute atomic E-state index is 10.5. The summed E-state index contributed by atoms with van der Waals surface area (Å²) in [4.78, 5) is 25.4. The van der Waals surface area contributed by atoms with Gasteiger partial charge in [0, 0.05) is 13.0 Å². The number of rotatable bonds is 7. The van der Waals surface area contributed by atoms with Crippen LogP contribution in [-0.2, 0) is 19.0 Å². The van der Waals surface area contributed by atoms with Gasteiger partial charge in [-0.2, -0.15) is 0 Å². The van der Waals surface area contributed by atoms with E-state index in [4.69, 9.17) is 19.9 Å². The van der Waals surface area contributed by atoms with E-state index in [2.05, 4.69) is 19.9 Å². The van der Waals surface area contributed by atoms with Crippen molar-refractivity contribution >= 4 is 23.3 Å². The zero-order valence-corrected chi connectivity index (χ0v) is 16.3. The lowest BCUT2D eigenvalue weighted by Crippen LogP contribution is -2.38. The number of hydrogen-bond acceptors (Lipinski definition) is 9. The molecule has 0 bridgehead atoms. The molecule has 2 aliphatic rings. The Balaban J connectivity index is 1.58. The Morgan fingerprint density at radius 1 is 1.29 bits per heavy atom. The highest BCUT2D eigenvalue weighted by molar-refractivity contribution is 5.81. The normalized spacial score (nSPS) is 28.9. The van der Waals surface area contributed by atoms with Crippen molar-refractivity contribution in [2.24, 2.45) is 0 Å². The van der Waals surface area contributed by atoms with Crippen molar-refractivity contribution in [3.8, 4) is 0 Å². The highest BCUT2D eigenvalue weighted by atomic mass is 16.8. The lowest BCUT2D eigenvalue weighted by Gasteiger charge is -2.27. The van der Waals surface area contributed by atoms with Crippen LogP contribution in [0.25, 0.3) is 11.2 Å². The Kier molecular flexibility index (Phi) is 5.04. The van der Waals surface area contributed by atoms with Gasteiger partial charge in [-0.3, -0.25) is 4.57 Å². The second-order valence-electron chi connectivity index (χ2n) is 7.78. The van der Waals surface area contributed by atoms with Crippen LogP contribution in [0.3, 0.4) is 0 Å². The van der Waals surface area contributed by atoms with Crippen LogP contribution in [0, 0.1) is 0 Å². The van der Waals surface area contributed by atoms with E-state index in [1.54, 1.807) is 6.33 Å². The van der Waals surface area contributed by atoms with Crippen molar-refractivity contribution in [1.29, 1.82) is 0 Å². The second kappa shape index (κ2) is 7.36. The molecule has 0 aromatic carbocycles. The van der Waals surface area contributed by atoms with E-state index in [0.29, 0.717) is 29.9 Å². The van der Waals surface area contributed by atoms with Gasteiger partial charge in [-0.05, 0) is 33.9 Å². The molecule has 4 heterocycles. The fourth-order valence-corrected chi connectivity index (χ4v) is 3.93. The van der Waals surface area contributed by atoms with Crippen LogP contribution in [0.5, 0.6) is 0 Å². The summed E-state index contributed by atoms with van der Waals surface area (Å²) in [6, 6.07) is 0. The molecule has 28 heavy (non-hydrogen) atoms. The number of anilines is 1. The molecule has 4 atom stereocenters. The Morgan fingerprint density at radius 3 is 2.86 bits per heavy atom. The molecule has 152 valence electrons. The molecule has 10 nitrogen and oxygen atoms in total. The first-order chi connectivity index (χ1) is 13.4. The topological polar surface area (TPSA) is 118 Å². The highest BCUT2D eigenvalue weighted by Gasteiger charge is 2.56. The second-order valence-corrected chi connectivity index (χ2v) is 7.78. The zero-order valence-electron chi connectivity index (χ0n) is 16.3. The Labute approximate surface area is 163 Å². The number of ether oxygens (including phenoxy) is 3. The molecule has 0 aliphatic carbocycles. The number of carbonyl (C=O) groups excluding carboxylic acids is 1. The molecular weight excluding hydrogens is 364 g/mol. The molecule has 2 saturated heterocycles. The zero-order chi connectivity index (χ0) is 19.9. The molecule has 2 fully saturated rings. The van der Waals surface area contributed by atoms with Crippen LogP contribution in [0.15, 0.2) is 12.7 Å². The third-order valence-corrected chi connectivity index (χ3v) is 5.14. The number of nitrogens with two attached hydrogens (primary N) is 1. The molecule has 0 saturated carbocycles. The number of hydrogen-bond donors (Lipinski definition) is 1. The summed E-state index contributed by atoms with van der Waals surface area (Å²) in [6.07, 6.45) is 4.25. The molecule has 2 aliphatic heterocycles. The van der Waals surface area contributed by atoms with E-state index >= 15 is 0 Å². The number of likely N-dealkylation sites (N-methyl/N-ethyl adjacent to an activating group) is 1. The summed E-state index contributed by atoms with van der Waals surface area (Å²) in [5.74, 6) is -0.371. The van der Waals surface area contributed by atoms with Crippen molar-refractivity contribution in [1.82, 2.24) is 24.4 Å². The minimum atomic E-state index is -0.698. The summed E-state index contributed by atoms with van der Waals surface area (Å²) in [6.45, 7) is 5.28. The summed E-state index contributed by atoms with van der Waals surface area (Å²) >= 11 is 0. The van der Waals surface area contributed by atoms with Crippen LogP contribution in [0.2, 0.25) is 0 Å². The van der Waals surface area contributed by atoms with Crippen LogP contribution in [0.1, 0.15) is 32.9 Å². The minimum Gasteiger partial charge on any atom is -0.382 e. The van der Waals surface area contributed by atoms with Crippen molar-refractivity contribution in [3.05, 3.63) is 12.7 Å². The Hall–Kier alpha value is -2.14. The molecule has 2 aromatic rings. The first kappa shape index (κ1) is 19.2. The van der Waals surface area contributed by atoms with E-state index in [9.17, 15) is 4.79 Å². The standard InChI is InChI=1S/C18H26N6O4/c1-18(2)27-13-11(8-23(3)6-4-5-7-25)26-17(14(13)28-18)24-10-22-12-15(19)20-9-21-16(12)24/h7,9-11,13-14,17H,4-6,8H2,1-3H3,(H2,19,20,21)/t11?,13-,14?,17?/m1/s1. The minimum absolute atomic E-state index is 0.186. The smallest absolute Gasteiger partial charge is 0.167 e. The summed E-state index contributed by atoms with van der Waals surface area (Å²) < 4.78 is 20.5. The molecule has 0 radical (unpaired) electrons. The van der Waals surface area contributed by atoms with Crippen LogP contribution in [-0.4, -0.2) is 74.9 Å². The van der Waals surface area contributed by atoms with Crippen LogP contribution in [0.4, 0.5) is 5.82 Å². The first-order valence-corrected chi connectivity index (χ1v) is 9.46. The van der Waals surface area contributed by atoms with E-state index in [1.807, 2.05) is 25.5 Å². The van der Waals surface area contributed by atoms with Crippen LogP contribution >= 0.6 is 0 Å². The molecule has 2 aromatic heterocycles. The quantitative estimate of drug-likeness (QED) is 0.539. The summed E-state index contributed by atoms with van der Waals surface area (Å²) in [7, 11) is 2.01. The fraction of sp³-hybridized carbons (Fsp3) is 0.667. The SMILES string of the molecule is CN(CCCC=O)CC1OC(n2cnc3c(N)ncnc32)C2OC(C)(C)O[C@H]12. The van der Waals surface area contributed by atoms with Crippen molar-refractivity contribution in [3.63, 3.8) is 0 Å². The molecular formula is C18H26N6O4. The third kappa shape index (κ3) is 3.48. The van der Waals surface area contributed by atoms with E-state index < -0.39 is 12.0 Å². The van der Waals surface area contributed by atoms with Gasteiger partial charge >= 0.3 is 0 Å². The average molecular weight is 390 g/mol. The van der Waals surface area contributed by atoms with Crippen molar-refractivity contribution in [2.75, 3.05) is 25.9 Å². The molecule has 3 unspecified atom stereocenters. The lowest BCUT2D eigenvalue weighted by atomic mass is 10.1. The number of nitrogen functional groups attached to an aromatic ring is 1. The number of fused-ring (bicyclic) bond motifs is 2. The monoisotopic (exact) mass is 390 g/mol. The Bertz CT molecular complexity index is 856. The molecule has 4 rings (SSSR count). The van der Waals surface area contributed by atoms with E-state index in [0.717, 1.165) is 19.3 Å². The van der Waals surface area contributed by atoms with Gasteiger partial charge in [0.1, 0.15) is 36.4 Å².